The molecule has 1 rings (SSSR count). The number of rotatable bonds is 5. The Kier molecular flexibility index (Phi) is 4.90. The molecule has 0 saturated heterocycles. The van der Waals surface area contributed by atoms with Gasteiger partial charge in [-0.2, -0.15) is 0 Å². The van der Waals surface area contributed by atoms with Crippen molar-refractivity contribution in [3.05, 3.63) is 42.0 Å². The average molecular weight is 235 g/mol. The van der Waals surface area contributed by atoms with Gasteiger partial charge in [-0.25, -0.2) is 4.79 Å². The molecule has 0 aliphatic carbocycles. The van der Waals surface area contributed by atoms with Gasteiger partial charge in [-0.05, 0) is 11.6 Å². The summed E-state index contributed by atoms with van der Waals surface area (Å²) in [5, 5.41) is 19.6. The van der Waals surface area contributed by atoms with Gasteiger partial charge in [0.1, 0.15) is 0 Å². The summed E-state index contributed by atoms with van der Waals surface area (Å²) >= 11 is 0. The van der Waals surface area contributed by atoms with Crippen molar-refractivity contribution < 1.29 is 19.8 Å². The average Bonchev–Trinajstić information content (AvgIpc) is 2.34. The van der Waals surface area contributed by atoms with E-state index in [1.54, 1.807) is 6.08 Å². The summed E-state index contributed by atoms with van der Waals surface area (Å²) in [6.07, 6.45) is 1.30. The monoisotopic (exact) mass is 235 g/mol. The molecule has 1 aromatic carbocycles. The van der Waals surface area contributed by atoms with E-state index < -0.39 is 18.0 Å². The molecule has 3 N–H and O–H groups in total. The maximum absolute atomic E-state index is 11.2. The first-order valence-electron chi connectivity index (χ1n) is 5.01. The molecule has 0 aliphatic heterocycles. The highest BCUT2D eigenvalue weighted by atomic mass is 16.4. The first-order chi connectivity index (χ1) is 8.09. The molecule has 0 heterocycles. The number of carbonyl (C=O) groups is 2. The van der Waals surface area contributed by atoms with E-state index in [0.717, 1.165) is 5.56 Å². The highest BCUT2D eigenvalue weighted by molar-refractivity contribution is 5.92. The second-order valence-electron chi connectivity index (χ2n) is 3.34. The Hall–Kier alpha value is -2.14. The number of aliphatic hydroxyl groups is 1. The summed E-state index contributed by atoms with van der Waals surface area (Å²) in [6, 6.07) is 9.20. The largest absolute Gasteiger partial charge is 0.479 e. The minimum absolute atomic E-state index is 0.312. The van der Waals surface area contributed by atoms with Crippen LogP contribution in [0.2, 0.25) is 0 Å². The van der Waals surface area contributed by atoms with Crippen LogP contribution in [-0.4, -0.2) is 34.7 Å². The van der Waals surface area contributed by atoms with Crippen LogP contribution in [0.4, 0.5) is 0 Å². The normalized spacial score (nSPS) is 12.3. The smallest absolute Gasteiger partial charge is 0.334 e. The van der Waals surface area contributed by atoms with Crippen LogP contribution in [0.1, 0.15) is 5.56 Å². The topological polar surface area (TPSA) is 86.6 Å². The molecule has 0 radical (unpaired) electrons. The number of hydrogen-bond acceptors (Lipinski definition) is 3. The van der Waals surface area contributed by atoms with Crippen molar-refractivity contribution in [2.75, 3.05) is 6.54 Å². The first kappa shape index (κ1) is 12.9. The van der Waals surface area contributed by atoms with E-state index in [4.69, 9.17) is 10.2 Å². The molecule has 0 aromatic heterocycles. The number of nitrogens with one attached hydrogen (secondary N) is 1. The third kappa shape index (κ3) is 4.94. The van der Waals surface area contributed by atoms with Crippen molar-refractivity contribution in [1.29, 1.82) is 0 Å². The van der Waals surface area contributed by atoms with Gasteiger partial charge in [-0.15, -0.1) is 0 Å². The quantitative estimate of drug-likeness (QED) is 0.639. The summed E-state index contributed by atoms with van der Waals surface area (Å²) in [4.78, 5) is 21.5. The van der Waals surface area contributed by atoms with E-state index in [2.05, 4.69) is 5.32 Å². The molecule has 1 aromatic rings. The molecule has 1 atom stereocenters. The van der Waals surface area contributed by atoms with Crippen LogP contribution in [-0.2, 0) is 9.59 Å². The highest BCUT2D eigenvalue weighted by Crippen LogP contribution is 2.00. The van der Waals surface area contributed by atoms with Crippen molar-refractivity contribution in [1.82, 2.24) is 5.32 Å². The number of carboxylic acids is 1. The zero-order valence-electron chi connectivity index (χ0n) is 9.04. The van der Waals surface area contributed by atoms with Crippen LogP contribution in [0.5, 0.6) is 0 Å². The lowest BCUT2D eigenvalue weighted by Crippen LogP contribution is -2.35. The SMILES string of the molecule is O=C(C=Cc1ccccc1)NCC(O)C(=O)O. The molecule has 0 fully saturated rings. The Morgan fingerprint density at radius 3 is 2.53 bits per heavy atom. The van der Waals surface area contributed by atoms with Crippen LogP contribution in [0.25, 0.3) is 6.08 Å². The molecule has 1 unspecified atom stereocenters. The lowest BCUT2D eigenvalue weighted by molar-refractivity contribution is -0.146. The fraction of sp³-hybridized carbons (Fsp3) is 0.167. The number of carboxylic acid groups (broad SMARTS) is 1. The summed E-state index contributed by atoms with van der Waals surface area (Å²) < 4.78 is 0. The highest BCUT2D eigenvalue weighted by Gasteiger charge is 2.12. The molecule has 1 amide bonds. The minimum atomic E-state index is -1.58. The summed E-state index contributed by atoms with van der Waals surface area (Å²) in [6.45, 7) is -0.312. The number of amides is 1. The molecular formula is C12H13NO4. The molecule has 5 heteroatoms. The van der Waals surface area contributed by atoms with Gasteiger partial charge in [0.05, 0.1) is 6.54 Å². The Balaban J connectivity index is 2.40. The van der Waals surface area contributed by atoms with E-state index in [0.29, 0.717) is 0 Å². The number of aliphatic hydroxyl groups excluding tert-OH is 1. The fourth-order valence-corrected chi connectivity index (χ4v) is 1.08. The van der Waals surface area contributed by atoms with Crippen LogP contribution in [0, 0.1) is 0 Å². The lowest BCUT2D eigenvalue weighted by atomic mass is 10.2. The number of carbonyl (C=O) groups excluding carboxylic acids is 1. The Labute approximate surface area is 98.4 Å². The first-order valence-corrected chi connectivity index (χ1v) is 5.01. The minimum Gasteiger partial charge on any atom is -0.479 e. The van der Waals surface area contributed by atoms with Gasteiger partial charge < -0.3 is 15.5 Å². The number of aliphatic carboxylic acids is 1. The molecule has 90 valence electrons. The second-order valence-corrected chi connectivity index (χ2v) is 3.34. The molecule has 0 aliphatic rings. The molecule has 17 heavy (non-hydrogen) atoms. The molecule has 0 saturated carbocycles. The van der Waals surface area contributed by atoms with Gasteiger partial charge in [0, 0.05) is 6.08 Å². The van der Waals surface area contributed by atoms with Gasteiger partial charge in [-0.3, -0.25) is 4.79 Å². The van der Waals surface area contributed by atoms with Crippen LogP contribution in [0.15, 0.2) is 36.4 Å². The van der Waals surface area contributed by atoms with Gasteiger partial charge in [0.25, 0.3) is 0 Å². The van der Waals surface area contributed by atoms with Gasteiger partial charge in [0.15, 0.2) is 6.10 Å². The molecular weight excluding hydrogens is 222 g/mol. The van der Waals surface area contributed by atoms with Crippen LogP contribution >= 0.6 is 0 Å². The Morgan fingerprint density at radius 2 is 1.94 bits per heavy atom. The zero-order chi connectivity index (χ0) is 12.7. The van der Waals surface area contributed by atoms with E-state index in [9.17, 15) is 9.59 Å². The van der Waals surface area contributed by atoms with Crippen molar-refractivity contribution >= 4 is 18.0 Å². The number of hydrogen-bond donors (Lipinski definition) is 3. The Bertz CT molecular complexity index is 414. The van der Waals surface area contributed by atoms with Gasteiger partial charge in [0.2, 0.25) is 5.91 Å². The van der Waals surface area contributed by atoms with Crippen molar-refractivity contribution in [2.45, 2.75) is 6.10 Å². The van der Waals surface area contributed by atoms with Crippen molar-refractivity contribution in [2.24, 2.45) is 0 Å². The zero-order valence-corrected chi connectivity index (χ0v) is 9.04. The second kappa shape index (κ2) is 6.44. The maximum atomic E-state index is 11.2. The predicted molar refractivity (Wildman–Crippen MR) is 62.1 cm³/mol. The molecule has 0 spiro atoms. The van der Waals surface area contributed by atoms with Crippen LogP contribution in [0.3, 0.4) is 0 Å². The third-order valence-electron chi connectivity index (χ3n) is 1.98. The van der Waals surface area contributed by atoms with Crippen molar-refractivity contribution in [3.63, 3.8) is 0 Å². The standard InChI is InChI=1S/C12H13NO4/c14-10(12(16)17)8-13-11(15)7-6-9-4-2-1-3-5-9/h1-7,10,14H,8H2,(H,13,15)(H,16,17). The lowest BCUT2D eigenvalue weighted by Gasteiger charge is -2.05. The fourth-order valence-electron chi connectivity index (χ4n) is 1.08. The Morgan fingerprint density at radius 1 is 1.29 bits per heavy atom. The summed E-state index contributed by atoms with van der Waals surface area (Å²) in [5.41, 5.74) is 0.862. The van der Waals surface area contributed by atoms with Crippen molar-refractivity contribution in [3.8, 4) is 0 Å². The van der Waals surface area contributed by atoms with Crippen LogP contribution < -0.4 is 5.32 Å². The van der Waals surface area contributed by atoms with E-state index in [1.807, 2.05) is 30.3 Å². The van der Waals surface area contributed by atoms with E-state index in [-0.39, 0.29) is 6.54 Å². The van der Waals surface area contributed by atoms with Gasteiger partial charge in [-0.1, -0.05) is 30.3 Å². The van der Waals surface area contributed by atoms with Gasteiger partial charge >= 0.3 is 5.97 Å². The number of benzene rings is 1. The van der Waals surface area contributed by atoms with E-state index >= 15 is 0 Å². The molecule has 5 nitrogen and oxygen atoms in total. The third-order valence-corrected chi connectivity index (χ3v) is 1.98. The predicted octanol–water partition coefficient (Wildman–Crippen LogP) is 0.261. The van der Waals surface area contributed by atoms with E-state index in [1.165, 1.54) is 6.08 Å². The summed E-state index contributed by atoms with van der Waals surface area (Å²) in [5.74, 6) is -1.81. The maximum Gasteiger partial charge on any atom is 0.334 e. The summed E-state index contributed by atoms with van der Waals surface area (Å²) in [7, 11) is 0. The molecule has 0 bridgehead atoms.